The fourth-order valence-corrected chi connectivity index (χ4v) is 4.82. The van der Waals surface area contributed by atoms with Crippen LogP contribution in [0.5, 0.6) is 5.75 Å². The van der Waals surface area contributed by atoms with Gasteiger partial charge >= 0.3 is 12.1 Å². The van der Waals surface area contributed by atoms with Gasteiger partial charge in [0.25, 0.3) is 0 Å². The number of benzene rings is 2. The van der Waals surface area contributed by atoms with Crippen LogP contribution in [0.25, 0.3) is 11.1 Å². The lowest BCUT2D eigenvalue weighted by Crippen LogP contribution is -2.30. The topological polar surface area (TPSA) is 42.7 Å². The van der Waals surface area contributed by atoms with E-state index in [4.69, 9.17) is 20.8 Å². The molecule has 0 bridgehead atoms. The number of ether oxygens (including phenoxy) is 1. The molecule has 4 nitrogen and oxygen atoms in total. The van der Waals surface area contributed by atoms with Crippen molar-refractivity contribution >= 4 is 30.0 Å². The molecule has 1 aliphatic carbocycles. The summed E-state index contributed by atoms with van der Waals surface area (Å²) in [6, 6.07) is 17.6. The fourth-order valence-electron chi connectivity index (χ4n) is 4.52. The number of halogens is 5. The van der Waals surface area contributed by atoms with Crippen LogP contribution in [-0.2, 0) is 23.9 Å². The Bertz CT molecular complexity index is 1320. The van der Waals surface area contributed by atoms with Gasteiger partial charge in [-0.1, -0.05) is 61.0 Å². The minimum absolute atomic E-state index is 0. The third-order valence-corrected chi connectivity index (χ3v) is 6.75. The van der Waals surface area contributed by atoms with Crippen molar-refractivity contribution in [1.29, 1.82) is 0 Å². The Balaban J connectivity index is 0.00000400. The molecule has 0 saturated carbocycles. The minimum Gasteiger partial charge on any atom is -0.472 e. The van der Waals surface area contributed by atoms with Gasteiger partial charge in [0.2, 0.25) is 0 Å². The number of hydrogen-bond donors (Lipinski definition) is 0. The number of fused-ring (bicyclic) bond motifs is 1. The highest BCUT2D eigenvalue weighted by atomic mass is 35.5. The second-order valence-corrected chi connectivity index (χ2v) is 9.47. The zero-order valence-electron chi connectivity index (χ0n) is 20.9. The summed E-state index contributed by atoms with van der Waals surface area (Å²) in [5.74, 6) is 0.169. The Morgan fingerprint density at radius 3 is 2.50 bits per heavy atom. The van der Waals surface area contributed by atoms with Crippen LogP contribution in [0.2, 0.25) is 5.02 Å². The van der Waals surface area contributed by atoms with E-state index in [-0.39, 0.29) is 29.9 Å². The molecule has 1 unspecified atom stereocenters. The predicted molar refractivity (Wildman–Crippen MR) is 144 cm³/mol. The smallest absolute Gasteiger partial charge is 0.417 e. The van der Waals surface area contributed by atoms with E-state index < -0.39 is 17.7 Å². The molecule has 1 atom stereocenters. The summed E-state index contributed by atoms with van der Waals surface area (Å²) < 4.78 is 51.2. The van der Waals surface area contributed by atoms with E-state index in [1.165, 1.54) is 19.3 Å². The molecule has 0 amide bonds. The molecular weight excluding hydrogens is 538 g/mol. The highest BCUT2D eigenvalue weighted by Crippen LogP contribution is 2.39. The van der Waals surface area contributed by atoms with Gasteiger partial charge in [-0.05, 0) is 47.2 Å². The van der Waals surface area contributed by atoms with Crippen molar-refractivity contribution in [2.45, 2.75) is 38.9 Å². The number of nitrogens with zero attached hydrogens (tertiary/aromatic N) is 1. The van der Waals surface area contributed by atoms with Crippen LogP contribution < -0.4 is 4.74 Å². The maximum absolute atomic E-state index is 13.5. The largest absolute Gasteiger partial charge is 0.472 e. The first-order valence-corrected chi connectivity index (χ1v) is 12.3. The van der Waals surface area contributed by atoms with Gasteiger partial charge in [0.05, 0.1) is 23.1 Å². The number of alkyl halides is 3. The molecule has 1 heterocycles. The first-order chi connectivity index (χ1) is 17.6. The molecule has 2 aromatic rings. The van der Waals surface area contributed by atoms with Crippen LogP contribution in [0.4, 0.5) is 13.2 Å². The van der Waals surface area contributed by atoms with Crippen LogP contribution in [-0.4, -0.2) is 24.0 Å². The van der Waals surface area contributed by atoms with Crippen molar-refractivity contribution < 1.29 is 27.1 Å². The van der Waals surface area contributed by atoms with Gasteiger partial charge in [0.15, 0.2) is 0 Å². The monoisotopic (exact) mass is 565 g/mol. The minimum atomic E-state index is -4.53. The summed E-state index contributed by atoms with van der Waals surface area (Å²) in [7, 11) is 0. The molecule has 0 spiro atoms. The lowest BCUT2D eigenvalue weighted by atomic mass is 10.00. The normalized spacial score (nSPS) is 12.4. The number of esters is 1. The Hall–Kier alpha value is -3.00. The summed E-state index contributed by atoms with van der Waals surface area (Å²) in [4.78, 5) is 13.9. The van der Waals surface area contributed by atoms with Gasteiger partial charge in [-0.25, -0.2) is 0 Å². The maximum atomic E-state index is 13.5. The van der Waals surface area contributed by atoms with Crippen molar-refractivity contribution in [2.24, 2.45) is 0 Å². The summed E-state index contributed by atoms with van der Waals surface area (Å²) in [5, 5.41) is -0.284. The summed E-state index contributed by atoms with van der Waals surface area (Å²) in [6.07, 6.45) is -0.921. The first-order valence-electron chi connectivity index (χ1n) is 11.9. The second-order valence-electron chi connectivity index (χ2n) is 9.09. The summed E-state index contributed by atoms with van der Waals surface area (Å²) in [6.45, 7) is 4.76. The second kappa shape index (κ2) is 12.7. The van der Waals surface area contributed by atoms with Gasteiger partial charge in [-0.2, -0.15) is 13.2 Å². The Morgan fingerprint density at radius 1 is 1.08 bits per heavy atom. The quantitative estimate of drug-likeness (QED) is 0.191. The third-order valence-electron chi connectivity index (χ3n) is 6.31. The van der Waals surface area contributed by atoms with Crippen LogP contribution in [0, 0.1) is 0 Å². The van der Waals surface area contributed by atoms with E-state index in [1.54, 1.807) is 18.4 Å². The van der Waals surface area contributed by atoms with Gasteiger partial charge in [0.1, 0.15) is 5.75 Å². The van der Waals surface area contributed by atoms with E-state index in [1.807, 2.05) is 36.4 Å². The number of carbonyl (C=O) groups excluding carboxylic acids is 1. The Morgan fingerprint density at radius 2 is 1.82 bits per heavy atom. The summed E-state index contributed by atoms with van der Waals surface area (Å²) in [5.41, 5.74) is 3.08. The zero-order chi connectivity index (χ0) is 26.6. The van der Waals surface area contributed by atoms with Crippen molar-refractivity contribution in [2.75, 3.05) is 13.1 Å². The standard InChI is InChI=1S/C29H27ClF3NO3.ClH/c1-19(21-7-4-3-5-8-21)16-34(17-23-9-6-10-26(27(23)30)29(31,32)33)13-11-22-15-24-18-36-14-12-25(24)28(22)37-20(2)35;/h3-10,12,14-15,18-19H,11,13,16-17H2,1-2H3;1H. The van der Waals surface area contributed by atoms with Crippen molar-refractivity contribution in [3.8, 4) is 16.9 Å². The van der Waals surface area contributed by atoms with Crippen LogP contribution >= 0.6 is 24.0 Å². The summed E-state index contributed by atoms with van der Waals surface area (Å²) >= 11 is 6.23. The van der Waals surface area contributed by atoms with E-state index in [2.05, 4.69) is 11.8 Å². The average Bonchev–Trinajstić information content (AvgIpc) is 3.20. The van der Waals surface area contributed by atoms with Crippen molar-refractivity contribution in [3.05, 3.63) is 100 Å². The highest BCUT2D eigenvalue weighted by molar-refractivity contribution is 6.32. The van der Waals surface area contributed by atoms with Gasteiger partial charge in [-0.3, -0.25) is 9.69 Å². The van der Waals surface area contributed by atoms with Gasteiger partial charge < -0.3 is 9.15 Å². The van der Waals surface area contributed by atoms with E-state index >= 15 is 0 Å². The molecule has 4 rings (SSSR count). The van der Waals surface area contributed by atoms with E-state index in [0.29, 0.717) is 30.8 Å². The lowest BCUT2D eigenvalue weighted by Gasteiger charge is -2.27. The molecule has 38 heavy (non-hydrogen) atoms. The zero-order valence-corrected chi connectivity index (χ0v) is 22.5. The van der Waals surface area contributed by atoms with E-state index in [0.717, 1.165) is 28.3 Å². The highest BCUT2D eigenvalue weighted by Gasteiger charge is 2.34. The van der Waals surface area contributed by atoms with Crippen LogP contribution in [0.1, 0.15) is 42.0 Å². The van der Waals surface area contributed by atoms with Crippen molar-refractivity contribution in [3.63, 3.8) is 0 Å². The van der Waals surface area contributed by atoms with Gasteiger partial charge in [0, 0.05) is 37.7 Å². The van der Waals surface area contributed by atoms with E-state index in [9.17, 15) is 18.0 Å². The third kappa shape index (κ3) is 7.10. The van der Waals surface area contributed by atoms with Crippen LogP contribution in [0.3, 0.4) is 0 Å². The number of hydrogen-bond acceptors (Lipinski definition) is 4. The Labute approximate surface area is 231 Å². The molecule has 0 N–H and O–H groups in total. The molecule has 2 aromatic carbocycles. The fraction of sp³-hybridized carbons (Fsp3) is 0.276. The first kappa shape index (κ1) is 29.6. The lowest BCUT2D eigenvalue weighted by molar-refractivity contribution is -0.137. The predicted octanol–water partition coefficient (Wildman–Crippen LogP) is 8.25. The Kier molecular flexibility index (Phi) is 9.88. The molecule has 0 saturated heterocycles. The molecular formula is C29H28Cl2F3NO3. The average molecular weight is 566 g/mol. The van der Waals surface area contributed by atoms with Crippen LogP contribution in [0.15, 0.2) is 77.6 Å². The number of carbonyl (C=O) groups is 1. The SMILES string of the molecule is CC(=O)Oc1c(CCN(Cc2cccc(C(F)(F)F)c2Cl)CC(C)c2ccccc2)cc2coccc1-2.Cl. The number of rotatable bonds is 9. The molecule has 2 aliphatic rings. The van der Waals surface area contributed by atoms with Crippen molar-refractivity contribution in [1.82, 2.24) is 4.90 Å². The molecule has 1 aliphatic heterocycles. The van der Waals surface area contributed by atoms with Gasteiger partial charge in [-0.15, -0.1) is 12.4 Å². The molecule has 202 valence electrons. The molecule has 0 aromatic heterocycles. The molecule has 9 heteroatoms. The molecule has 0 radical (unpaired) electrons. The maximum Gasteiger partial charge on any atom is 0.417 e. The molecule has 0 fully saturated rings.